The van der Waals surface area contributed by atoms with Crippen molar-refractivity contribution in [1.82, 2.24) is 0 Å². The zero-order chi connectivity index (χ0) is 5.98. The second-order valence-electron chi connectivity index (χ2n) is 3.24. The maximum absolute atomic E-state index is 2.38. The third-order valence-electron chi connectivity index (χ3n) is 2.54. The molecule has 1 fully saturated rings. The zero-order valence-electron chi connectivity index (χ0n) is 5.98. The summed E-state index contributed by atoms with van der Waals surface area (Å²) in [5, 5.41) is 0. The van der Waals surface area contributed by atoms with Crippen molar-refractivity contribution in [3.05, 3.63) is 0 Å². The molecule has 2 atom stereocenters. The lowest BCUT2D eigenvalue weighted by molar-refractivity contribution is 0.277. The van der Waals surface area contributed by atoms with Gasteiger partial charge in [-0.2, -0.15) is 0 Å². The molecule has 0 aromatic rings. The third kappa shape index (κ3) is 1.24. The van der Waals surface area contributed by atoms with Crippen molar-refractivity contribution in [3.8, 4) is 0 Å². The molecule has 0 aromatic carbocycles. The van der Waals surface area contributed by atoms with Crippen molar-refractivity contribution in [1.29, 1.82) is 0 Å². The average Bonchev–Trinajstić information content (AvgIpc) is 1.77. The second-order valence-corrected chi connectivity index (χ2v) is 3.24. The fourth-order valence-corrected chi connectivity index (χ4v) is 1.50. The van der Waals surface area contributed by atoms with Gasteiger partial charge in [0.15, 0.2) is 0 Å². The number of rotatable bonds is 0. The van der Waals surface area contributed by atoms with Crippen LogP contribution in [0.1, 0.15) is 39.5 Å². The van der Waals surface area contributed by atoms with E-state index in [9.17, 15) is 0 Å². The van der Waals surface area contributed by atoms with Crippen molar-refractivity contribution >= 4 is 0 Å². The quantitative estimate of drug-likeness (QED) is 0.452. The van der Waals surface area contributed by atoms with Crippen LogP contribution in [0.5, 0.6) is 0 Å². The molecule has 0 N–H and O–H groups in total. The normalized spacial score (nSPS) is 39.8. The summed E-state index contributed by atoms with van der Waals surface area (Å²) >= 11 is 0. The van der Waals surface area contributed by atoms with Crippen molar-refractivity contribution in [2.45, 2.75) is 39.5 Å². The molecule has 0 unspecified atom stereocenters. The van der Waals surface area contributed by atoms with Crippen LogP contribution in [0, 0.1) is 11.8 Å². The van der Waals surface area contributed by atoms with Gasteiger partial charge in [-0.15, -0.1) is 0 Å². The highest BCUT2D eigenvalue weighted by molar-refractivity contribution is 4.67. The van der Waals surface area contributed by atoms with E-state index in [0.717, 1.165) is 11.8 Å². The van der Waals surface area contributed by atoms with Crippen LogP contribution in [0.25, 0.3) is 0 Å². The number of hydrogen-bond donors (Lipinski definition) is 0. The predicted molar refractivity (Wildman–Crippen MR) is 36.8 cm³/mol. The Morgan fingerprint density at radius 3 is 1.50 bits per heavy atom. The molecule has 0 heterocycles. The first-order valence-corrected chi connectivity index (χ1v) is 3.80. The van der Waals surface area contributed by atoms with Crippen LogP contribution in [-0.4, -0.2) is 0 Å². The highest BCUT2D eigenvalue weighted by Gasteiger charge is 2.15. The van der Waals surface area contributed by atoms with Gasteiger partial charge in [0, 0.05) is 0 Å². The SMILES string of the molecule is C[C@@H]1CCCC[C@H]1C. The van der Waals surface area contributed by atoms with E-state index in [0.29, 0.717) is 0 Å². The molecule has 8 heavy (non-hydrogen) atoms. The molecule has 0 amide bonds. The van der Waals surface area contributed by atoms with E-state index in [-0.39, 0.29) is 0 Å². The van der Waals surface area contributed by atoms with Crippen LogP contribution in [0.3, 0.4) is 0 Å². The van der Waals surface area contributed by atoms with Crippen LogP contribution >= 0.6 is 0 Å². The average molecular weight is 112 g/mol. The molecular weight excluding hydrogens is 96.1 g/mol. The molecule has 0 bridgehead atoms. The first-order valence-electron chi connectivity index (χ1n) is 3.80. The fourth-order valence-electron chi connectivity index (χ4n) is 1.50. The minimum absolute atomic E-state index is 1.00. The Kier molecular flexibility index (Phi) is 1.93. The van der Waals surface area contributed by atoms with E-state index < -0.39 is 0 Å². The highest BCUT2D eigenvalue weighted by Crippen LogP contribution is 2.28. The van der Waals surface area contributed by atoms with E-state index in [1.54, 1.807) is 0 Å². The molecule has 1 saturated carbocycles. The van der Waals surface area contributed by atoms with Gasteiger partial charge in [-0.25, -0.2) is 0 Å². The van der Waals surface area contributed by atoms with Crippen molar-refractivity contribution in [2.75, 3.05) is 0 Å². The summed E-state index contributed by atoms with van der Waals surface area (Å²) < 4.78 is 0. The van der Waals surface area contributed by atoms with E-state index in [2.05, 4.69) is 13.8 Å². The van der Waals surface area contributed by atoms with E-state index in [1.165, 1.54) is 25.7 Å². The highest BCUT2D eigenvalue weighted by atomic mass is 14.2. The molecule has 0 radical (unpaired) electrons. The van der Waals surface area contributed by atoms with Crippen LogP contribution in [0.4, 0.5) is 0 Å². The molecule has 1 aliphatic carbocycles. The van der Waals surface area contributed by atoms with Crippen LogP contribution in [0.2, 0.25) is 0 Å². The molecule has 0 heteroatoms. The lowest BCUT2D eigenvalue weighted by atomic mass is 9.82. The minimum atomic E-state index is 1.00. The molecule has 0 spiro atoms. The third-order valence-corrected chi connectivity index (χ3v) is 2.54. The smallest absolute Gasteiger partial charge is 0.0417 e. The van der Waals surface area contributed by atoms with E-state index in [4.69, 9.17) is 0 Å². The van der Waals surface area contributed by atoms with Crippen LogP contribution in [-0.2, 0) is 0 Å². The van der Waals surface area contributed by atoms with Crippen molar-refractivity contribution in [2.24, 2.45) is 11.8 Å². The van der Waals surface area contributed by atoms with Gasteiger partial charge < -0.3 is 0 Å². The maximum atomic E-state index is 2.38. The predicted octanol–water partition coefficient (Wildman–Crippen LogP) is 2.83. The van der Waals surface area contributed by atoms with Gasteiger partial charge in [0.2, 0.25) is 0 Å². The van der Waals surface area contributed by atoms with Gasteiger partial charge in [-0.1, -0.05) is 39.5 Å². The van der Waals surface area contributed by atoms with Crippen molar-refractivity contribution < 1.29 is 0 Å². The second kappa shape index (κ2) is 2.52. The lowest BCUT2D eigenvalue weighted by Crippen LogP contribution is -2.12. The summed E-state index contributed by atoms with van der Waals surface area (Å²) in [6.07, 6.45) is 5.90. The van der Waals surface area contributed by atoms with Gasteiger partial charge in [-0.3, -0.25) is 0 Å². The van der Waals surface area contributed by atoms with Gasteiger partial charge in [-0.05, 0) is 11.8 Å². The molecular formula is C8H16. The summed E-state index contributed by atoms with van der Waals surface area (Å²) in [4.78, 5) is 0. The Balaban J connectivity index is 2.28. The van der Waals surface area contributed by atoms with Gasteiger partial charge in [0.25, 0.3) is 0 Å². The fraction of sp³-hybridized carbons (Fsp3) is 1.00. The summed E-state index contributed by atoms with van der Waals surface area (Å²) in [7, 11) is 0. The Bertz CT molecular complexity index is 56.4. The van der Waals surface area contributed by atoms with Crippen LogP contribution < -0.4 is 0 Å². The Hall–Kier alpha value is 0. The Morgan fingerprint density at radius 2 is 1.25 bits per heavy atom. The molecule has 48 valence electrons. The summed E-state index contributed by atoms with van der Waals surface area (Å²) in [6, 6.07) is 0. The molecule has 0 saturated heterocycles. The summed E-state index contributed by atoms with van der Waals surface area (Å²) in [6.45, 7) is 4.76. The standard InChI is InChI=1S/C8H16/c1-7-5-3-4-6-8(7)2/h7-8H,3-6H2,1-2H3/t7-,8-/m1/s1. The Labute approximate surface area is 52.3 Å². The van der Waals surface area contributed by atoms with E-state index >= 15 is 0 Å². The molecule has 1 aliphatic rings. The Morgan fingerprint density at radius 1 is 0.875 bits per heavy atom. The number of hydrogen-bond acceptors (Lipinski definition) is 0. The summed E-state index contributed by atoms with van der Waals surface area (Å²) in [5.41, 5.74) is 0. The largest absolute Gasteiger partial charge is 0.0623 e. The maximum Gasteiger partial charge on any atom is -0.0417 e. The molecule has 0 aliphatic heterocycles. The van der Waals surface area contributed by atoms with Gasteiger partial charge >= 0.3 is 0 Å². The molecule has 0 aromatic heterocycles. The first kappa shape index (κ1) is 6.12. The first-order chi connectivity index (χ1) is 3.80. The van der Waals surface area contributed by atoms with E-state index in [1.807, 2.05) is 0 Å². The monoisotopic (exact) mass is 112 g/mol. The summed E-state index contributed by atoms with van der Waals surface area (Å²) in [5.74, 6) is 2.01. The molecule has 0 nitrogen and oxygen atoms in total. The van der Waals surface area contributed by atoms with Crippen LogP contribution in [0.15, 0.2) is 0 Å². The zero-order valence-corrected chi connectivity index (χ0v) is 5.98. The molecule has 1 rings (SSSR count). The van der Waals surface area contributed by atoms with Crippen molar-refractivity contribution in [3.63, 3.8) is 0 Å². The van der Waals surface area contributed by atoms with Gasteiger partial charge in [0.05, 0.1) is 0 Å². The minimum Gasteiger partial charge on any atom is -0.0623 e. The lowest BCUT2D eigenvalue weighted by Gasteiger charge is -2.24. The topological polar surface area (TPSA) is 0 Å². The van der Waals surface area contributed by atoms with Gasteiger partial charge in [0.1, 0.15) is 0 Å².